The van der Waals surface area contributed by atoms with Crippen LogP contribution in [0.2, 0.25) is 0 Å². The first kappa shape index (κ1) is 16.8. The Hall–Kier alpha value is -2.53. The number of ether oxygens (including phenoxy) is 1. The maximum absolute atomic E-state index is 11.8. The second-order valence-electron chi connectivity index (χ2n) is 5.18. The van der Waals surface area contributed by atoms with Gasteiger partial charge in [0.2, 0.25) is 5.91 Å². The smallest absolute Gasteiger partial charge is 0.534 e. The monoisotopic (exact) mass is 316 g/mol. The van der Waals surface area contributed by atoms with Crippen LogP contribution in [-0.2, 0) is 16.0 Å². The molecule has 23 heavy (non-hydrogen) atoms. The van der Waals surface area contributed by atoms with E-state index < -0.39 is 19.0 Å². The molecule has 0 aliphatic carbocycles. The molecule has 0 saturated heterocycles. The zero-order valence-electron chi connectivity index (χ0n) is 12.7. The van der Waals surface area contributed by atoms with Gasteiger partial charge in [0, 0.05) is 12.8 Å². The number of amides is 1. The SMILES string of the molecule is COC(=O)c1cccc2c1OB(O)C(NC(=O)CCCC#N)C2. The molecule has 8 heteroatoms. The van der Waals surface area contributed by atoms with E-state index in [2.05, 4.69) is 10.1 Å². The van der Waals surface area contributed by atoms with Crippen LogP contribution in [-0.4, -0.2) is 37.1 Å². The number of unbranched alkanes of at least 4 members (excludes halogenated alkanes) is 1. The summed E-state index contributed by atoms with van der Waals surface area (Å²) in [4.78, 5) is 23.5. The molecule has 1 aromatic rings. The molecule has 0 saturated carbocycles. The lowest BCUT2D eigenvalue weighted by molar-refractivity contribution is -0.121. The summed E-state index contributed by atoms with van der Waals surface area (Å²) in [5.41, 5.74) is 0.948. The minimum absolute atomic E-state index is 0.214. The molecular formula is C15H17BN2O5. The molecule has 1 amide bonds. The van der Waals surface area contributed by atoms with E-state index in [1.165, 1.54) is 7.11 Å². The fraction of sp³-hybridized carbons (Fsp3) is 0.400. The summed E-state index contributed by atoms with van der Waals surface area (Å²) in [5.74, 6) is -1.12. The predicted octanol–water partition coefficient (Wildman–Crippen LogP) is 0.606. The Kier molecular flexibility index (Phi) is 5.60. The van der Waals surface area contributed by atoms with E-state index in [0.717, 1.165) is 0 Å². The molecule has 1 unspecified atom stereocenters. The number of benzene rings is 1. The molecule has 1 aliphatic rings. The van der Waals surface area contributed by atoms with Crippen LogP contribution in [0.5, 0.6) is 5.75 Å². The highest BCUT2D eigenvalue weighted by Gasteiger charge is 2.37. The number of fused-ring (bicyclic) bond motifs is 1. The number of hydrogen-bond donors (Lipinski definition) is 2. The maximum Gasteiger partial charge on any atom is 0.547 e. The molecule has 2 N–H and O–H groups in total. The van der Waals surface area contributed by atoms with Crippen molar-refractivity contribution >= 4 is 19.0 Å². The summed E-state index contributed by atoms with van der Waals surface area (Å²) in [6, 6.07) is 6.99. The van der Waals surface area contributed by atoms with Crippen LogP contribution in [0.3, 0.4) is 0 Å². The third-order valence-corrected chi connectivity index (χ3v) is 3.56. The van der Waals surface area contributed by atoms with E-state index in [9.17, 15) is 14.6 Å². The molecule has 1 heterocycles. The number of nitriles is 1. The van der Waals surface area contributed by atoms with Crippen molar-refractivity contribution in [2.24, 2.45) is 0 Å². The number of carbonyl (C=O) groups excluding carboxylic acids is 2. The van der Waals surface area contributed by atoms with Crippen molar-refractivity contribution in [1.29, 1.82) is 5.26 Å². The molecular weight excluding hydrogens is 299 g/mol. The number of rotatable bonds is 5. The van der Waals surface area contributed by atoms with Gasteiger partial charge in [0.25, 0.3) is 0 Å². The average molecular weight is 316 g/mol. The molecule has 0 fully saturated rings. The standard InChI is InChI=1S/C15H17BN2O5/c1-22-15(20)11-6-4-5-10-9-12(16(21)23-14(10)11)18-13(19)7-2-3-8-17/h4-6,12,21H,2-3,7,9H2,1H3,(H,18,19). The Labute approximate surface area is 134 Å². The number of carbonyl (C=O) groups is 2. The van der Waals surface area contributed by atoms with Gasteiger partial charge >= 0.3 is 13.1 Å². The van der Waals surface area contributed by atoms with Gasteiger partial charge in [0.05, 0.1) is 19.1 Å². The van der Waals surface area contributed by atoms with Crippen molar-refractivity contribution in [1.82, 2.24) is 5.32 Å². The number of nitrogens with zero attached hydrogens (tertiary/aromatic N) is 1. The Morgan fingerprint density at radius 3 is 3.04 bits per heavy atom. The summed E-state index contributed by atoms with van der Waals surface area (Å²) in [6.45, 7) is 0. The Morgan fingerprint density at radius 1 is 1.57 bits per heavy atom. The van der Waals surface area contributed by atoms with Crippen LogP contribution in [0.4, 0.5) is 0 Å². The summed E-state index contributed by atoms with van der Waals surface area (Å²) in [7, 11) is 0.0128. The van der Waals surface area contributed by atoms with Crippen LogP contribution >= 0.6 is 0 Å². The number of esters is 1. The third kappa shape index (κ3) is 4.02. The third-order valence-electron chi connectivity index (χ3n) is 3.56. The molecule has 0 radical (unpaired) electrons. The van der Waals surface area contributed by atoms with Gasteiger partial charge in [-0.1, -0.05) is 12.1 Å². The molecule has 1 aromatic carbocycles. The van der Waals surface area contributed by atoms with Gasteiger partial charge in [0.15, 0.2) is 0 Å². The van der Waals surface area contributed by atoms with Crippen molar-refractivity contribution in [2.45, 2.75) is 31.6 Å². The zero-order valence-corrected chi connectivity index (χ0v) is 12.7. The fourth-order valence-corrected chi connectivity index (χ4v) is 2.43. The summed E-state index contributed by atoms with van der Waals surface area (Å²) in [5, 5.41) is 21.2. The summed E-state index contributed by atoms with van der Waals surface area (Å²) >= 11 is 0. The van der Waals surface area contributed by atoms with Gasteiger partial charge in [-0.3, -0.25) is 4.79 Å². The molecule has 0 aromatic heterocycles. The largest absolute Gasteiger partial charge is 0.547 e. The number of methoxy groups -OCH3 is 1. The van der Waals surface area contributed by atoms with E-state index >= 15 is 0 Å². The Bertz CT molecular complexity index is 643. The van der Waals surface area contributed by atoms with E-state index in [1.54, 1.807) is 18.2 Å². The first-order chi connectivity index (χ1) is 11.1. The van der Waals surface area contributed by atoms with Crippen LogP contribution in [0, 0.1) is 11.3 Å². The Morgan fingerprint density at radius 2 is 2.35 bits per heavy atom. The predicted molar refractivity (Wildman–Crippen MR) is 81.5 cm³/mol. The number of para-hydroxylation sites is 1. The lowest BCUT2D eigenvalue weighted by Crippen LogP contribution is -2.53. The fourth-order valence-electron chi connectivity index (χ4n) is 2.43. The van der Waals surface area contributed by atoms with Crippen molar-refractivity contribution in [3.05, 3.63) is 29.3 Å². The lowest BCUT2D eigenvalue weighted by atomic mass is 9.72. The van der Waals surface area contributed by atoms with Crippen molar-refractivity contribution < 1.29 is 24.0 Å². The molecule has 0 spiro atoms. The highest BCUT2D eigenvalue weighted by molar-refractivity contribution is 6.47. The summed E-state index contributed by atoms with van der Waals surface area (Å²) in [6.07, 6.45) is 1.33. The Balaban J connectivity index is 2.08. The van der Waals surface area contributed by atoms with Gasteiger partial charge in [0.1, 0.15) is 11.3 Å². The maximum atomic E-state index is 11.8. The van der Waals surface area contributed by atoms with E-state index in [-0.39, 0.29) is 23.6 Å². The van der Waals surface area contributed by atoms with Crippen LogP contribution in [0.1, 0.15) is 35.2 Å². The van der Waals surface area contributed by atoms with Crippen LogP contribution in [0.15, 0.2) is 18.2 Å². The average Bonchev–Trinajstić information content (AvgIpc) is 2.54. The normalized spacial score (nSPS) is 15.9. The minimum atomic E-state index is -1.26. The van der Waals surface area contributed by atoms with E-state index in [0.29, 0.717) is 24.8 Å². The molecule has 2 rings (SSSR count). The molecule has 120 valence electrons. The van der Waals surface area contributed by atoms with Crippen molar-refractivity contribution in [3.8, 4) is 11.8 Å². The van der Waals surface area contributed by atoms with Crippen molar-refractivity contribution in [2.75, 3.05) is 7.11 Å². The number of nitrogens with one attached hydrogen (secondary N) is 1. The summed E-state index contributed by atoms with van der Waals surface area (Å²) < 4.78 is 10.1. The molecule has 7 nitrogen and oxygen atoms in total. The van der Waals surface area contributed by atoms with Gasteiger partial charge < -0.3 is 19.7 Å². The van der Waals surface area contributed by atoms with E-state index in [4.69, 9.17) is 9.92 Å². The molecule has 1 atom stereocenters. The highest BCUT2D eigenvalue weighted by atomic mass is 16.5. The van der Waals surface area contributed by atoms with E-state index in [1.807, 2.05) is 6.07 Å². The van der Waals surface area contributed by atoms with Crippen molar-refractivity contribution in [3.63, 3.8) is 0 Å². The first-order valence-electron chi connectivity index (χ1n) is 7.28. The molecule has 1 aliphatic heterocycles. The molecule has 0 bridgehead atoms. The second kappa shape index (κ2) is 7.65. The van der Waals surface area contributed by atoms with Crippen LogP contribution < -0.4 is 9.97 Å². The van der Waals surface area contributed by atoms with Gasteiger partial charge in [-0.05, 0) is 24.5 Å². The number of hydrogen-bond acceptors (Lipinski definition) is 6. The van der Waals surface area contributed by atoms with Crippen LogP contribution in [0.25, 0.3) is 0 Å². The van der Waals surface area contributed by atoms with Gasteiger partial charge in [-0.25, -0.2) is 4.79 Å². The highest BCUT2D eigenvalue weighted by Crippen LogP contribution is 2.30. The van der Waals surface area contributed by atoms with Gasteiger partial charge in [-0.2, -0.15) is 5.26 Å². The first-order valence-corrected chi connectivity index (χ1v) is 7.28. The minimum Gasteiger partial charge on any atom is -0.534 e. The van der Waals surface area contributed by atoms with Gasteiger partial charge in [-0.15, -0.1) is 0 Å². The topological polar surface area (TPSA) is 109 Å². The second-order valence-corrected chi connectivity index (χ2v) is 5.18. The lowest BCUT2D eigenvalue weighted by Gasteiger charge is -2.29. The quantitative estimate of drug-likeness (QED) is 0.468. The zero-order chi connectivity index (χ0) is 16.8.